The number of rotatable bonds is 6. The number of nitrogens with one attached hydrogen (secondary N) is 3. The second-order valence-electron chi connectivity index (χ2n) is 7.57. The maximum Gasteiger partial charge on any atom is 0.315 e. The van der Waals surface area contributed by atoms with Gasteiger partial charge in [0.25, 0.3) is 0 Å². The second-order valence-corrected chi connectivity index (χ2v) is 7.57. The first-order valence-corrected chi connectivity index (χ1v) is 10.0. The molecular weight excluding hydrogens is 366 g/mol. The van der Waals surface area contributed by atoms with Gasteiger partial charge in [-0.25, -0.2) is 9.78 Å². The standard InChI is InChI=1S/C22H29N5O2/c1-15-10-16(2)21(17(3)11-15)26-20(28)14-25-22(29)24-13-18-6-7-23-19(12-18)27-8-4-5-9-27/h6-7,10-12H,4-5,8-9,13-14H2,1-3H3,(H,26,28)(H2,24,25,29). The Hall–Kier alpha value is -3.09. The third-order valence-corrected chi connectivity index (χ3v) is 5.04. The highest BCUT2D eigenvalue weighted by atomic mass is 16.2. The third-order valence-electron chi connectivity index (χ3n) is 5.04. The van der Waals surface area contributed by atoms with Gasteiger partial charge in [0.1, 0.15) is 5.82 Å². The van der Waals surface area contributed by atoms with Gasteiger partial charge in [0.15, 0.2) is 0 Å². The minimum Gasteiger partial charge on any atom is -0.357 e. The lowest BCUT2D eigenvalue weighted by Crippen LogP contribution is -2.39. The molecule has 0 radical (unpaired) electrons. The Kier molecular flexibility index (Phi) is 6.69. The van der Waals surface area contributed by atoms with E-state index in [0.29, 0.717) is 6.54 Å². The minimum absolute atomic E-state index is 0.0893. The van der Waals surface area contributed by atoms with E-state index >= 15 is 0 Å². The molecule has 1 saturated heterocycles. The summed E-state index contributed by atoms with van der Waals surface area (Å²) in [5.41, 5.74) is 4.94. The quantitative estimate of drug-likeness (QED) is 0.702. The molecule has 3 N–H and O–H groups in total. The van der Waals surface area contributed by atoms with Crippen LogP contribution in [0.3, 0.4) is 0 Å². The number of hydrogen-bond acceptors (Lipinski definition) is 4. The van der Waals surface area contributed by atoms with Gasteiger partial charge in [-0.15, -0.1) is 0 Å². The summed E-state index contributed by atoms with van der Waals surface area (Å²) in [7, 11) is 0. The van der Waals surface area contributed by atoms with Gasteiger partial charge >= 0.3 is 6.03 Å². The van der Waals surface area contributed by atoms with Crippen LogP contribution in [-0.2, 0) is 11.3 Å². The van der Waals surface area contributed by atoms with Gasteiger partial charge in [-0.3, -0.25) is 4.79 Å². The van der Waals surface area contributed by atoms with Crippen molar-refractivity contribution < 1.29 is 9.59 Å². The summed E-state index contributed by atoms with van der Waals surface area (Å²) in [5.74, 6) is 0.695. The van der Waals surface area contributed by atoms with E-state index in [2.05, 4.69) is 25.8 Å². The SMILES string of the molecule is Cc1cc(C)c(NC(=O)CNC(=O)NCc2ccnc(N3CCCC3)c2)c(C)c1. The zero-order chi connectivity index (χ0) is 20.8. The maximum absolute atomic E-state index is 12.2. The smallest absolute Gasteiger partial charge is 0.315 e. The van der Waals surface area contributed by atoms with Crippen LogP contribution in [0.5, 0.6) is 0 Å². The molecule has 7 nitrogen and oxygen atoms in total. The summed E-state index contributed by atoms with van der Waals surface area (Å²) in [6.07, 6.45) is 4.15. The van der Waals surface area contributed by atoms with Crippen LogP contribution in [0.1, 0.15) is 35.1 Å². The van der Waals surface area contributed by atoms with Crippen LogP contribution in [0, 0.1) is 20.8 Å². The maximum atomic E-state index is 12.2. The summed E-state index contributed by atoms with van der Waals surface area (Å²) in [6, 6.07) is 7.55. The second kappa shape index (κ2) is 9.41. The average Bonchev–Trinajstić information content (AvgIpc) is 3.22. The number of amides is 3. The fraction of sp³-hybridized carbons (Fsp3) is 0.409. The number of aromatic nitrogens is 1. The number of pyridine rings is 1. The number of carbonyl (C=O) groups is 2. The van der Waals surface area contributed by atoms with E-state index in [1.165, 1.54) is 12.8 Å². The Bertz CT molecular complexity index is 868. The number of nitrogens with zero attached hydrogens (tertiary/aromatic N) is 2. The van der Waals surface area contributed by atoms with E-state index < -0.39 is 0 Å². The number of urea groups is 1. The molecule has 2 aromatic rings. The van der Waals surface area contributed by atoms with Crippen LogP contribution < -0.4 is 20.9 Å². The summed E-state index contributed by atoms with van der Waals surface area (Å²) >= 11 is 0. The predicted octanol–water partition coefficient (Wildman–Crippen LogP) is 3.04. The molecule has 0 bridgehead atoms. The zero-order valence-electron chi connectivity index (χ0n) is 17.3. The molecule has 1 aromatic carbocycles. The van der Waals surface area contributed by atoms with Gasteiger partial charge in [-0.05, 0) is 62.4 Å². The van der Waals surface area contributed by atoms with E-state index in [9.17, 15) is 9.59 Å². The Morgan fingerprint density at radius 1 is 1.03 bits per heavy atom. The van der Waals surface area contributed by atoms with Crippen molar-refractivity contribution in [1.82, 2.24) is 15.6 Å². The monoisotopic (exact) mass is 395 g/mol. The number of anilines is 2. The highest BCUT2D eigenvalue weighted by Gasteiger charge is 2.14. The number of benzene rings is 1. The van der Waals surface area contributed by atoms with Gasteiger partial charge in [0.2, 0.25) is 5.91 Å². The first kappa shape index (κ1) is 20.6. The van der Waals surface area contributed by atoms with E-state index in [0.717, 1.165) is 46.8 Å². The summed E-state index contributed by atoms with van der Waals surface area (Å²) in [5, 5.41) is 8.27. The van der Waals surface area contributed by atoms with E-state index in [-0.39, 0.29) is 18.5 Å². The van der Waals surface area contributed by atoms with Crippen LogP contribution in [-0.4, -0.2) is 36.6 Å². The Balaban J connectivity index is 1.45. The molecule has 0 atom stereocenters. The van der Waals surface area contributed by atoms with Crippen molar-refractivity contribution in [2.75, 3.05) is 29.9 Å². The summed E-state index contributed by atoms with van der Waals surface area (Å²) in [4.78, 5) is 30.9. The van der Waals surface area contributed by atoms with Crippen molar-refractivity contribution in [1.29, 1.82) is 0 Å². The number of hydrogen-bond donors (Lipinski definition) is 3. The molecule has 2 heterocycles. The summed E-state index contributed by atoms with van der Waals surface area (Å²) < 4.78 is 0. The van der Waals surface area contributed by atoms with Gasteiger partial charge in [0, 0.05) is 31.5 Å². The molecule has 0 unspecified atom stereocenters. The van der Waals surface area contributed by atoms with E-state index in [1.807, 2.05) is 45.0 Å². The molecule has 154 valence electrons. The molecule has 3 amide bonds. The van der Waals surface area contributed by atoms with Crippen molar-refractivity contribution in [2.45, 2.75) is 40.2 Å². The normalized spacial score (nSPS) is 13.3. The molecule has 7 heteroatoms. The van der Waals surface area contributed by atoms with Crippen molar-refractivity contribution in [2.24, 2.45) is 0 Å². The minimum atomic E-state index is -0.378. The van der Waals surface area contributed by atoms with Gasteiger partial charge < -0.3 is 20.9 Å². The van der Waals surface area contributed by atoms with Crippen LogP contribution in [0.15, 0.2) is 30.5 Å². The number of carbonyl (C=O) groups excluding carboxylic acids is 2. The van der Waals surface area contributed by atoms with E-state index in [1.54, 1.807) is 6.20 Å². The Morgan fingerprint density at radius 3 is 2.41 bits per heavy atom. The van der Waals surface area contributed by atoms with Gasteiger partial charge in [-0.2, -0.15) is 0 Å². The van der Waals surface area contributed by atoms with Crippen LogP contribution in [0.4, 0.5) is 16.3 Å². The Morgan fingerprint density at radius 2 is 1.72 bits per heavy atom. The molecule has 0 spiro atoms. The van der Waals surface area contributed by atoms with Crippen LogP contribution in [0.2, 0.25) is 0 Å². The zero-order valence-corrected chi connectivity index (χ0v) is 17.3. The van der Waals surface area contributed by atoms with Crippen molar-refractivity contribution in [3.05, 3.63) is 52.7 Å². The molecule has 1 fully saturated rings. The lowest BCUT2D eigenvalue weighted by molar-refractivity contribution is -0.115. The Labute approximate surface area is 171 Å². The molecule has 1 aliphatic rings. The average molecular weight is 396 g/mol. The fourth-order valence-corrected chi connectivity index (χ4v) is 3.66. The molecule has 1 aliphatic heterocycles. The van der Waals surface area contributed by atoms with E-state index in [4.69, 9.17) is 0 Å². The van der Waals surface area contributed by atoms with Gasteiger partial charge in [0.05, 0.1) is 6.54 Å². The topological polar surface area (TPSA) is 86.4 Å². The molecular formula is C22H29N5O2. The first-order valence-electron chi connectivity index (χ1n) is 10.0. The van der Waals surface area contributed by atoms with Crippen LogP contribution in [0.25, 0.3) is 0 Å². The first-order chi connectivity index (χ1) is 13.9. The van der Waals surface area contributed by atoms with Crippen LogP contribution >= 0.6 is 0 Å². The van der Waals surface area contributed by atoms with Gasteiger partial charge in [-0.1, -0.05) is 17.7 Å². The molecule has 29 heavy (non-hydrogen) atoms. The molecule has 3 rings (SSSR count). The lowest BCUT2D eigenvalue weighted by Gasteiger charge is -2.17. The predicted molar refractivity (Wildman–Crippen MR) is 115 cm³/mol. The lowest BCUT2D eigenvalue weighted by atomic mass is 10.1. The molecule has 1 aromatic heterocycles. The molecule has 0 aliphatic carbocycles. The number of aryl methyl sites for hydroxylation is 3. The largest absolute Gasteiger partial charge is 0.357 e. The van der Waals surface area contributed by atoms with Crippen molar-refractivity contribution in [3.63, 3.8) is 0 Å². The highest BCUT2D eigenvalue weighted by Crippen LogP contribution is 2.21. The van der Waals surface area contributed by atoms with Crippen molar-refractivity contribution in [3.8, 4) is 0 Å². The summed E-state index contributed by atoms with van der Waals surface area (Å²) in [6.45, 7) is 8.29. The fourth-order valence-electron chi connectivity index (χ4n) is 3.66. The third kappa shape index (κ3) is 5.70. The molecule has 0 saturated carbocycles. The van der Waals surface area contributed by atoms with Crippen molar-refractivity contribution >= 4 is 23.4 Å². The highest BCUT2D eigenvalue weighted by molar-refractivity contribution is 5.95.